The SMILES string of the molecule is O=C1OC(=O)[C@H]2C=C(CO)[C@@H]12. The third kappa shape index (κ3) is 0.670. The lowest BCUT2D eigenvalue weighted by molar-refractivity contribution is -0.153. The van der Waals surface area contributed by atoms with Crippen LogP contribution in [-0.2, 0) is 14.3 Å². The van der Waals surface area contributed by atoms with Gasteiger partial charge in [0.15, 0.2) is 0 Å². The molecule has 58 valence electrons. The van der Waals surface area contributed by atoms with Gasteiger partial charge in [-0.2, -0.15) is 0 Å². The van der Waals surface area contributed by atoms with Gasteiger partial charge < -0.3 is 9.84 Å². The number of cyclic esters (lactones) is 2. The summed E-state index contributed by atoms with van der Waals surface area (Å²) in [6, 6.07) is 0. The van der Waals surface area contributed by atoms with Gasteiger partial charge in [0, 0.05) is 0 Å². The van der Waals surface area contributed by atoms with Gasteiger partial charge in [-0.05, 0) is 5.57 Å². The fraction of sp³-hybridized carbons (Fsp3) is 0.429. The Morgan fingerprint density at radius 1 is 1.45 bits per heavy atom. The molecular weight excluding hydrogens is 148 g/mol. The van der Waals surface area contributed by atoms with Crippen LogP contribution in [0.2, 0.25) is 0 Å². The molecule has 2 atom stereocenters. The first-order valence-corrected chi connectivity index (χ1v) is 3.31. The van der Waals surface area contributed by atoms with Crippen LogP contribution >= 0.6 is 0 Å². The zero-order valence-corrected chi connectivity index (χ0v) is 5.61. The van der Waals surface area contributed by atoms with E-state index < -0.39 is 23.8 Å². The fourth-order valence-electron chi connectivity index (χ4n) is 1.43. The number of aliphatic hydroxyl groups excluding tert-OH is 1. The van der Waals surface area contributed by atoms with Gasteiger partial charge in [-0.1, -0.05) is 6.08 Å². The predicted molar refractivity (Wildman–Crippen MR) is 33.2 cm³/mol. The number of rotatable bonds is 1. The molecule has 0 aromatic carbocycles. The molecule has 1 aliphatic heterocycles. The molecule has 0 spiro atoms. The minimum atomic E-state index is -0.522. The van der Waals surface area contributed by atoms with Crippen molar-refractivity contribution in [1.82, 2.24) is 0 Å². The van der Waals surface area contributed by atoms with Gasteiger partial charge in [-0.25, -0.2) is 0 Å². The molecule has 0 bridgehead atoms. The summed E-state index contributed by atoms with van der Waals surface area (Å²) in [7, 11) is 0. The molecule has 0 saturated carbocycles. The highest BCUT2D eigenvalue weighted by molar-refractivity contribution is 6.01. The van der Waals surface area contributed by atoms with E-state index in [2.05, 4.69) is 4.74 Å². The Bertz CT molecular complexity index is 266. The van der Waals surface area contributed by atoms with Gasteiger partial charge in [0.2, 0.25) is 0 Å². The Morgan fingerprint density at radius 2 is 2.18 bits per heavy atom. The molecule has 1 fully saturated rings. The second kappa shape index (κ2) is 1.92. The summed E-state index contributed by atoms with van der Waals surface area (Å²) >= 11 is 0. The standard InChI is InChI=1S/C7H6O4/c8-2-3-1-4-5(3)7(10)11-6(4)9/h1,4-5,8H,2H2/t4-,5+/m0/s1. The minimum Gasteiger partial charge on any atom is -0.392 e. The van der Waals surface area contributed by atoms with E-state index in [9.17, 15) is 9.59 Å². The molecule has 1 N–H and O–H groups in total. The molecule has 0 radical (unpaired) electrons. The molecule has 4 heteroatoms. The maximum Gasteiger partial charge on any atom is 0.322 e. The minimum absolute atomic E-state index is 0.163. The van der Waals surface area contributed by atoms with Crippen molar-refractivity contribution in [1.29, 1.82) is 0 Å². The van der Waals surface area contributed by atoms with Crippen molar-refractivity contribution >= 4 is 11.9 Å². The summed E-state index contributed by atoms with van der Waals surface area (Å²) in [5, 5.41) is 8.65. The topological polar surface area (TPSA) is 63.6 Å². The second-order valence-electron chi connectivity index (χ2n) is 2.64. The monoisotopic (exact) mass is 154 g/mol. The summed E-state index contributed by atoms with van der Waals surface area (Å²) in [5.41, 5.74) is 0.603. The number of fused-ring (bicyclic) bond motifs is 1. The third-order valence-electron chi connectivity index (χ3n) is 2.06. The van der Waals surface area contributed by atoms with E-state index in [4.69, 9.17) is 5.11 Å². The largest absolute Gasteiger partial charge is 0.392 e. The number of carbonyl (C=O) groups excluding carboxylic acids is 2. The van der Waals surface area contributed by atoms with Gasteiger partial charge in [-0.15, -0.1) is 0 Å². The van der Waals surface area contributed by atoms with E-state index in [0.717, 1.165) is 0 Å². The van der Waals surface area contributed by atoms with Crippen molar-refractivity contribution < 1.29 is 19.4 Å². The molecule has 0 aromatic rings. The van der Waals surface area contributed by atoms with E-state index in [-0.39, 0.29) is 6.61 Å². The van der Waals surface area contributed by atoms with Crippen LogP contribution in [0.15, 0.2) is 11.6 Å². The quantitative estimate of drug-likeness (QED) is 0.306. The summed E-state index contributed by atoms with van der Waals surface area (Å²) < 4.78 is 4.34. The summed E-state index contributed by atoms with van der Waals surface area (Å²) in [4.78, 5) is 21.6. The molecule has 4 nitrogen and oxygen atoms in total. The molecule has 2 rings (SSSR count). The number of hydrogen-bond acceptors (Lipinski definition) is 4. The maximum atomic E-state index is 10.8. The zero-order chi connectivity index (χ0) is 8.01. The molecule has 1 saturated heterocycles. The lowest BCUT2D eigenvalue weighted by Crippen LogP contribution is -2.29. The average molecular weight is 154 g/mol. The van der Waals surface area contributed by atoms with Crippen molar-refractivity contribution in [2.75, 3.05) is 6.61 Å². The summed E-state index contributed by atoms with van der Waals surface area (Å²) in [6.45, 7) is -0.163. The molecular formula is C7H6O4. The molecule has 1 heterocycles. The Kier molecular flexibility index (Phi) is 1.14. The van der Waals surface area contributed by atoms with E-state index in [1.165, 1.54) is 0 Å². The first-order valence-electron chi connectivity index (χ1n) is 3.31. The first-order chi connectivity index (χ1) is 5.24. The summed E-state index contributed by atoms with van der Waals surface area (Å²) in [5.74, 6) is -1.90. The Hall–Kier alpha value is -1.16. The van der Waals surface area contributed by atoms with Gasteiger partial charge in [0.1, 0.15) is 0 Å². The zero-order valence-electron chi connectivity index (χ0n) is 5.61. The van der Waals surface area contributed by atoms with Gasteiger partial charge in [0.05, 0.1) is 18.4 Å². The van der Waals surface area contributed by atoms with Crippen LogP contribution in [0.3, 0.4) is 0 Å². The van der Waals surface area contributed by atoms with E-state index >= 15 is 0 Å². The van der Waals surface area contributed by atoms with E-state index in [1.54, 1.807) is 6.08 Å². The van der Waals surface area contributed by atoms with Gasteiger partial charge >= 0.3 is 11.9 Å². The van der Waals surface area contributed by atoms with Crippen LogP contribution < -0.4 is 0 Å². The van der Waals surface area contributed by atoms with Crippen LogP contribution in [0.5, 0.6) is 0 Å². The highest BCUT2D eigenvalue weighted by atomic mass is 16.6. The van der Waals surface area contributed by atoms with Crippen molar-refractivity contribution in [3.63, 3.8) is 0 Å². The molecule has 0 amide bonds. The lowest BCUT2D eigenvalue weighted by Gasteiger charge is -2.22. The number of esters is 2. The Labute approximate surface area is 62.5 Å². The average Bonchev–Trinajstić information content (AvgIpc) is 2.03. The lowest BCUT2D eigenvalue weighted by atomic mass is 9.77. The van der Waals surface area contributed by atoms with E-state index in [1.807, 2.05) is 0 Å². The highest BCUT2D eigenvalue weighted by Crippen LogP contribution is 2.39. The van der Waals surface area contributed by atoms with E-state index in [0.29, 0.717) is 5.57 Å². The van der Waals surface area contributed by atoms with Crippen LogP contribution in [0.1, 0.15) is 0 Å². The predicted octanol–water partition coefficient (Wildman–Crippen LogP) is -0.766. The second-order valence-corrected chi connectivity index (χ2v) is 2.64. The van der Waals surface area contributed by atoms with Crippen LogP contribution in [-0.4, -0.2) is 23.7 Å². The number of hydrogen-bond donors (Lipinski definition) is 1. The fourth-order valence-corrected chi connectivity index (χ4v) is 1.43. The van der Waals surface area contributed by atoms with Crippen molar-refractivity contribution in [2.24, 2.45) is 11.8 Å². The molecule has 2 aliphatic rings. The third-order valence-corrected chi connectivity index (χ3v) is 2.06. The molecule has 0 aromatic heterocycles. The van der Waals surface area contributed by atoms with Crippen molar-refractivity contribution in [3.05, 3.63) is 11.6 Å². The number of ether oxygens (including phenoxy) is 1. The smallest absolute Gasteiger partial charge is 0.322 e. The van der Waals surface area contributed by atoms with Crippen LogP contribution in [0, 0.1) is 11.8 Å². The van der Waals surface area contributed by atoms with Gasteiger partial charge in [0.25, 0.3) is 0 Å². The highest BCUT2D eigenvalue weighted by Gasteiger charge is 2.50. The molecule has 0 unspecified atom stereocenters. The molecule has 11 heavy (non-hydrogen) atoms. The Morgan fingerprint density at radius 3 is 2.73 bits per heavy atom. The Balaban J connectivity index is 2.28. The normalized spacial score (nSPS) is 34.1. The first kappa shape index (κ1) is 6.54. The maximum absolute atomic E-state index is 10.8. The molecule has 1 aliphatic carbocycles. The number of aliphatic hydroxyl groups is 1. The summed E-state index contributed by atoms with van der Waals surface area (Å²) in [6.07, 6.45) is 1.58. The number of carbonyl (C=O) groups is 2. The van der Waals surface area contributed by atoms with Crippen molar-refractivity contribution in [3.8, 4) is 0 Å². The van der Waals surface area contributed by atoms with Crippen molar-refractivity contribution in [2.45, 2.75) is 0 Å². The van der Waals surface area contributed by atoms with Gasteiger partial charge in [-0.3, -0.25) is 9.59 Å². The van der Waals surface area contributed by atoms with Crippen LogP contribution in [0.25, 0.3) is 0 Å². The van der Waals surface area contributed by atoms with Crippen LogP contribution in [0.4, 0.5) is 0 Å².